The molecule has 1 saturated carbocycles. The number of nitrogens with one attached hydrogen (secondary N) is 1. The summed E-state index contributed by atoms with van der Waals surface area (Å²) >= 11 is 0. The average molecular weight is 374 g/mol. The molecule has 0 aliphatic heterocycles. The predicted octanol–water partition coefficient (Wildman–Crippen LogP) is 4.16. The van der Waals surface area contributed by atoms with Crippen molar-refractivity contribution in [1.82, 2.24) is 9.88 Å². The van der Waals surface area contributed by atoms with Crippen molar-refractivity contribution in [2.75, 3.05) is 19.4 Å². The van der Waals surface area contributed by atoms with Crippen molar-refractivity contribution in [1.29, 1.82) is 0 Å². The SMILES string of the molecule is C=C/C=C(\N=C)C1CC1C(=O)Nc1ccc(-c2ccc(CN(C)C)cc2)cn1. The zero-order chi connectivity index (χ0) is 20.1. The van der Waals surface area contributed by atoms with Crippen molar-refractivity contribution >= 4 is 18.4 Å². The third-order valence-corrected chi connectivity index (χ3v) is 4.78. The summed E-state index contributed by atoms with van der Waals surface area (Å²) in [6.45, 7) is 8.15. The number of allylic oxidation sites excluding steroid dienone is 3. The summed E-state index contributed by atoms with van der Waals surface area (Å²) in [7, 11) is 4.11. The normalized spacial score (nSPS) is 18.6. The molecule has 0 saturated heterocycles. The van der Waals surface area contributed by atoms with Gasteiger partial charge < -0.3 is 10.2 Å². The molecule has 3 rings (SSSR count). The maximum absolute atomic E-state index is 12.4. The van der Waals surface area contributed by atoms with Crippen molar-refractivity contribution in [3.8, 4) is 11.1 Å². The Kier molecular flexibility index (Phi) is 6.16. The van der Waals surface area contributed by atoms with Gasteiger partial charge in [0.2, 0.25) is 5.91 Å². The number of rotatable bonds is 8. The molecule has 1 fully saturated rings. The molecule has 1 N–H and O–H groups in total. The minimum atomic E-state index is -0.0811. The van der Waals surface area contributed by atoms with Crippen LogP contribution in [0.5, 0.6) is 0 Å². The molecule has 28 heavy (non-hydrogen) atoms. The number of nitrogens with zero attached hydrogens (tertiary/aromatic N) is 3. The number of anilines is 1. The lowest BCUT2D eigenvalue weighted by atomic mass is 10.1. The van der Waals surface area contributed by atoms with E-state index >= 15 is 0 Å². The minimum Gasteiger partial charge on any atom is -0.310 e. The van der Waals surface area contributed by atoms with E-state index in [1.54, 1.807) is 12.3 Å². The number of carbonyl (C=O) groups is 1. The molecule has 2 unspecified atom stereocenters. The lowest BCUT2D eigenvalue weighted by Gasteiger charge is -2.10. The third kappa shape index (κ3) is 4.81. The van der Waals surface area contributed by atoms with Crippen molar-refractivity contribution in [2.45, 2.75) is 13.0 Å². The fourth-order valence-corrected chi connectivity index (χ4v) is 3.25. The van der Waals surface area contributed by atoms with Crippen LogP contribution in [0.25, 0.3) is 11.1 Å². The Hall–Kier alpha value is -3.05. The van der Waals surface area contributed by atoms with Gasteiger partial charge in [0.1, 0.15) is 5.82 Å². The van der Waals surface area contributed by atoms with E-state index in [1.807, 2.05) is 18.2 Å². The number of carbonyl (C=O) groups excluding carboxylic acids is 1. The molecule has 5 nitrogen and oxygen atoms in total. The quantitative estimate of drug-likeness (QED) is 0.558. The number of pyridine rings is 1. The summed E-state index contributed by atoms with van der Waals surface area (Å²) in [5.74, 6) is 0.569. The Labute approximate surface area is 166 Å². The van der Waals surface area contributed by atoms with Gasteiger partial charge in [0, 0.05) is 35.8 Å². The Balaban J connectivity index is 1.60. The van der Waals surface area contributed by atoms with Gasteiger partial charge in [-0.05, 0) is 56.6 Å². The van der Waals surface area contributed by atoms with Gasteiger partial charge in [0.15, 0.2) is 0 Å². The Bertz CT molecular complexity index is 882. The second-order valence-electron chi connectivity index (χ2n) is 7.29. The van der Waals surface area contributed by atoms with Gasteiger partial charge in [-0.15, -0.1) is 0 Å². The highest BCUT2D eigenvalue weighted by molar-refractivity contribution is 5.94. The lowest BCUT2D eigenvalue weighted by molar-refractivity contribution is -0.117. The second-order valence-corrected chi connectivity index (χ2v) is 7.29. The van der Waals surface area contributed by atoms with E-state index in [2.05, 4.69) is 71.9 Å². The van der Waals surface area contributed by atoms with Crippen LogP contribution >= 0.6 is 0 Å². The van der Waals surface area contributed by atoms with Crippen molar-refractivity contribution in [2.24, 2.45) is 16.8 Å². The fourth-order valence-electron chi connectivity index (χ4n) is 3.25. The molecule has 1 heterocycles. The monoisotopic (exact) mass is 374 g/mol. The Morgan fingerprint density at radius 1 is 1.21 bits per heavy atom. The van der Waals surface area contributed by atoms with Crippen LogP contribution in [0.4, 0.5) is 5.82 Å². The first-order valence-corrected chi connectivity index (χ1v) is 9.32. The minimum absolute atomic E-state index is 0.0306. The predicted molar refractivity (Wildman–Crippen MR) is 115 cm³/mol. The molecule has 1 amide bonds. The Morgan fingerprint density at radius 2 is 1.93 bits per heavy atom. The molecule has 144 valence electrons. The van der Waals surface area contributed by atoms with Crippen molar-refractivity contribution < 1.29 is 4.79 Å². The number of aromatic nitrogens is 1. The van der Waals surface area contributed by atoms with Crippen molar-refractivity contribution in [3.63, 3.8) is 0 Å². The van der Waals surface area contributed by atoms with E-state index in [0.717, 1.165) is 29.8 Å². The largest absolute Gasteiger partial charge is 0.310 e. The van der Waals surface area contributed by atoms with E-state index in [4.69, 9.17) is 0 Å². The van der Waals surface area contributed by atoms with E-state index in [-0.39, 0.29) is 17.7 Å². The van der Waals surface area contributed by atoms with E-state index in [0.29, 0.717) is 5.82 Å². The first kappa shape index (κ1) is 19.7. The standard InChI is InChI=1S/C23H26N4O/c1-5-6-21(24-2)19-13-20(19)23(28)26-22-12-11-18(14-25-22)17-9-7-16(8-10-17)15-27(3)4/h5-12,14,19-20H,1-2,13,15H2,3-4H3,(H,25,26,28)/b21-6-. The van der Waals surface area contributed by atoms with Crippen LogP contribution in [0.1, 0.15) is 12.0 Å². The van der Waals surface area contributed by atoms with Crippen LogP contribution in [0.3, 0.4) is 0 Å². The maximum Gasteiger partial charge on any atom is 0.229 e. The van der Waals surface area contributed by atoms with E-state index in [1.165, 1.54) is 5.56 Å². The summed E-state index contributed by atoms with van der Waals surface area (Å²) < 4.78 is 0. The maximum atomic E-state index is 12.4. The number of benzene rings is 1. The van der Waals surface area contributed by atoms with Gasteiger partial charge in [-0.25, -0.2) is 4.98 Å². The molecule has 2 atom stereocenters. The van der Waals surface area contributed by atoms with Gasteiger partial charge >= 0.3 is 0 Å². The van der Waals surface area contributed by atoms with E-state index in [9.17, 15) is 4.79 Å². The smallest absolute Gasteiger partial charge is 0.229 e. The highest BCUT2D eigenvalue weighted by Gasteiger charge is 2.45. The molecule has 0 bridgehead atoms. The van der Waals surface area contributed by atoms with Crippen LogP contribution in [0, 0.1) is 11.8 Å². The number of aliphatic imine (C=N–C) groups is 1. The first-order valence-electron chi connectivity index (χ1n) is 9.32. The van der Waals surface area contributed by atoms with Gasteiger partial charge in [0.05, 0.1) is 0 Å². The summed E-state index contributed by atoms with van der Waals surface area (Å²) in [5, 5.41) is 2.89. The molecule has 2 aromatic rings. The van der Waals surface area contributed by atoms with Gasteiger partial charge in [-0.3, -0.25) is 9.79 Å². The number of amides is 1. The molecule has 0 radical (unpaired) electrons. The summed E-state index contributed by atoms with van der Waals surface area (Å²) in [4.78, 5) is 22.9. The Morgan fingerprint density at radius 3 is 2.50 bits per heavy atom. The topological polar surface area (TPSA) is 57.6 Å². The molecular formula is C23H26N4O. The molecule has 1 aromatic carbocycles. The van der Waals surface area contributed by atoms with Crippen LogP contribution in [-0.4, -0.2) is 36.6 Å². The summed E-state index contributed by atoms with van der Waals surface area (Å²) in [6.07, 6.45) is 6.05. The van der Waals surface area contributed by atoms with Crippen LogP contribution < -0.4 is 5.32 Å². The van der Waals surface area contributed by atoms with Gasteiger partial charge in [-0.2, -0.15) is 0 Å². The average Bonchev–Trinajstić information content (AvgIpc) is 3.48. The van der Waals surface area contributed by atoms with Crippen LogP contribution in [-0.2, 0) is 11.3 Å². The fraction of sp³-hybridized carbons (Fsp3) is 0.261. The second kappa shape index (κ2) is 8.76. The third-order valence-electron chi connectivity index (χ3n) is 4.78. The molecule has 1 aliphatic rings. The molecule has 0 spiro atoms. The zero-order valence-corrected chi connectivity index (χ0v) is 16.4. The summed E-state index contributed by atoms with van der Waals surface area (Å²) in [6, 6.07) is 12.3. The molecule has 1 aromatic heterocycles. The van der Waals surface area contributed by atoms with Crippen molar-refractivity contribution in [3.05, 3.63) is 72.6 Å². The summed E-state index contributed by atoms with van der Waals surface area (Å²) in [5.41, 5.74) is 4.21. The van der Waals surface area contributed by atoms with E-state index < -0.39 is 0 Å². The van der Waals surface area contributed by atoms with Gasteiger partial charge in [0.25, 0.3) is 0 Å². The zero-order valence-electron chi connectivity index (χ0n) is 16.4. The molecule has 1 aliphatic carbocycles. The molecular weight excluding hydrogens is 348 g/mol. The van der Waals surface area contributed by atoms with Crippen LogP contribution in [0.15, 0.2) is 72.0 Å². The number of hydrogen-bond acceptors (Lipinski definition) is 4. The molecule has 5 heteroatoms. The lowest BCUT2D eigenvalue weighted by Crippen LogP contribution is -2.15. The highest BCUT2D eigenvalue weighted by Crippen LogP contribution is 2.45. The number of hydrogen-bond donors (Lipinski definition) is 1. The van der Waals surface area contributed by atoms with Crippen LogP contribution in [0.2, 0.25) is 0 Å². The van der Waals surface area contributed by atoms with Gasteiger partial charge in [-0.1, -0.05) is 36.9 Å². The first-order chi connectivity index (χ1) is 13.5. The highest BCUT2D eigenvalue weighted by atomic mass is 16.2.